The van der Waals surface area contributed by atoms with Gasteiger partial charge in [-0.05, 0) is 43.4 Å². The van der Waals surface area contributed by atoms with E-state index < -0.39 is 0 Å². The Kier molecular flexibility index (Phi) is 3.32. The molecule has 0 saturated heterocycles. The predicted octanol–water partition coefficient (Wildman–Crippen LogP) is 4.24. The first kappa shape index (κ1) is 12.4. The maximum absolute atomic E-state index is 4.65. The zero-order valence-corrected chi connectivity index (χ0v) is 12.7. The third kappa shape index (κ3) is 2.05. The van der Waals surface area contributed by atoms with Crippen LogP contribution in [0.25, 0.3) is 10.2 Å². The highest BCUT2D eigenvalue weighted by Crippen LogP contribution is 2.40. The number of fused-ring (bicyclic) bond motifs is 3. The van der Waals surface area contributed by atoms with Crippen LogP contribution < -0.4 is 0 Å². The molecule has 0 amide bonds. The number of aromatic nitrogens is 2. The maximum atomic E-state index is 4.65. The molecule has 1 aliphatic rings. The van der Waals surface area contributed by atoms with E-state index in [1.807, 2.05) is 30.0 Å². The average Bonchev–Trinajstić information content (AvgIpc) is 2.65. The van der Waals surface area contributed by atoms with E-state index in [4.69, 9.17) is 0 Å². The second-order valence-corrected chi connectivity index (χ2v) is 7.38. The number of aryl methyl sites for hydroxylation is 2. The zero-order chi connectivity index (χ0) is 12.7. The van der Waals surface area contributed by atoms with Crippen molar-refractivity contribution in [2.24, 2.45) is 5.92 Å². The largest absolute Gasteiger partial charge is 0.226 e. The van der Waals surface area contributed by atoms with Crippen molar-refractivity contribution in [1.82, 2.24) is 9.97 Å². The topological polar surface area (TPSA) is 25.8 Å². The van der Waals surface area contributed by atoms with Crippen molar-refractivity contribution in [3.63, 3.8) is 0 Å². The van der Waals surface area contributed by atoms with Gasteiger partial charge in [-0.3, -0.25) is 0 Å². The Balaban J connectivity index is 2.22. The number of hydrogen-bond donors (Lipinski definition) is 0. The number of thiophene rings is 1. The number of hydrogen-bond acceptors (Lipinski definition) is 4. The molecule has 4 heteroatoms. The minimum atomic E-state index is 0.821. The van der Waals surface area contributed by atoms with Crippen LogP contribution in [0.15, 0.2) is 5.03 Å². The highest BCUT2D eigenvalue weighted by molar-refractivity contribution is 7.99. The van der Waals surface area contributed by atoms with Gasteiger partial charge in [-0.1, -0.05) is 13.8 Å². The van der Waals surface area contributed by atoms with Crippen molar-refractivity contribution in [3.8, 4) is 0 Å². The fourth-order valence-corrected chi connectivity index (χ4v) is 4.98. The molecule has 0 N–H and O–H groups in total. The summed E-state index contributed by atoms with van der Waals surface area (Å²) in [4.78, 5) is 12.1. The molecule has 1 atom stereocenters. The third-order valence-electron chi connectivity index (χ3n) is 3.51. The quantitative estimate of drug-likeness (QED) is 0.607. The van der Waals surface area contributed by atoms with Gasteiger partial charge in [0.1, 0.15) is 15.7 Å². The molecule has 2 aromatic rings. The van der Waals surface area contributed by atoms with Crippen LogP contribution in [0, 0.1) is 12.8 Å². The first-order valence-corrected chi connectivity index (χ1v) is 8.41. The van der Waals surface area contributed by atoms with Crippen molar-refractivity contribution >= 4 is 33.3 Å². The molecular weight excluding hydrogens is 260 g/mol. The molecule has 0 unspecified atom stereocenters. The molecule has 0 aromatic carbocycles. The summed E-state index contributed by atoms with van der Waals surface area (Å²) in [5.41, 5.74) is 1.55. The maximum Gasteiger partial charge on any atom is 0.128 e. The fraction of sp³-hybridized carbons (Fsp3) is 0.571. The van der Waals surface area contributed by atoms with Crippen LogP contribution in [-0.2, 0) is 12.8 Å². The van der Waals surface area contributed by atoms with E-state index in [1.165, 1.54) is 34.5 Å². The van der Waals surface area contributed by atoms with Crippen LogP contribution in [0.4, 0.5) is 0 Å². The van der Waals surface area contributed by atoms with E-state index in [9.17, 15) is 0 Å². The molecule has 0 spiro atoms. The Bertz CT molecular complexity index is 589. The zero-order valence-electron chi connectivity index (χ0n) is 11.1. The second-order valence-electron chi connectivity index (χ2n) is 5.04. The van der Waals surface area contributed by atoms with Crippen LogP contribution in [-0.4, -0.2) is 15.7 Å². The first-order chi connectivity index (χ1) is 8.69. The number of rotatable bonds is 2. The lowest BCUT2D eigenvalue weighted by Crippen LogP contribution is -2.08. The molecule has 96 valence electrons. The van der Waals surface area contributed by atoms with Gasteiger partial charge in [0.2, 0.25) is 0 Å². The second kappa shape index (κ2) is 4.82. The highest BCUT2D eigenvalue weighted by Gasteiger charge is 2.23. The van der Waals surface area contributed by atoms with Crippen LogP contribution in [0.3, 0.4) is 0 Å². The summed E-state index contributed by atoms with van der Waals surface area (Å²) in [7, 11) is 0. The average molecular weight is 278 g/mol. The lowest BCUT2D eigenvalue weighted by atomic mass is 9.89. The molecule has 1 aliphatic carbocycles. The van der Waals surface area contributed by atoms with Gasteiger partial charge in [0.15, 0.2) is 0 Å². The first-order valence-electron chi connectivity index (χ1n) is 6.60. The molecule has 3 rings (SSSR count). The Hall–Kier alpha value is -0.610. The van der Waals surface area contributed by atoms with E-state index in [0.717, 1.165) is 17.5 Å². The SMILES string of the molecule is CCSc1nc(C)nc2sc3c(c12)CC[C@@H](C)C3. The lowest BCUT2D eigenvalue weighted by molar-refractivity contribution is 0.509. The van der Waals surface area contributed by atoms with Crippen LogP contribution in [0.2, 0.25) is 0 Å². The van der Waals surface area contributed by atoms with E-state index in [2.05, 4.69) is 23.8 Å². The third-order valence-corrected chi connectivity index (χ3v) is 5.52. The molecule has 2 nitrogen and oxygen atoms in total. The normalized spacial score (nSPS) is 19.2. The Morgan fingerprint density at radius 1 is 1.39 bits per heavy atom. The minimum Gasteiger partial charge on any atom is -0.226 e. The van der Waals surface area contributed by atoms with E-state index in [1.54, 1.807) is 10.4 Å². The summed E-state index contributed by atoms with van der Waals surface area (Å²) in [5, 5.41) is 2.56. The Labute approximate surface area is 116 Å². The van der Waals surface area contributed by atoms with Crippen molar-refractivity contribution < 1.29 is 0 Å². The van der Waals surface area contributed by atoms with Gasteiger partial charge in [0.25, 0.3) is 0 Å². The minimum absolute atomic E-state index is 0.821. The van der Waals surface area contributed by atoms with E-state index >= 15 is 0 Å². The standard InChI is InChI=1S/C14H18N2S2/c1-4-17-13-12-10-6-5-8(2)7-11(10)18-14(12)16-9(3)15-13/h8H,4-7H2,1-3H3/t8-/m1/s1. The Morgan fingerprint density at radius 2 is 2.22 bits per heavy atom. The van der Waals surface area contributed by atoms with Gasteiger partial charge < -0.3 is 0 Å². The van der Waals surface area contributed by atoms with Crippen LogP contribution in [0.1, 0.15) is 36.5 Å². The van der Waals surface area contributed by atoms with Gasteiger partial charge in [-0.2, -0.15) is 0 Å². The van der Waals surface area contributed by atoms with E-state index in [-0.39, 0.29) is 0 Å². The van der Waals surface area contributed by atoms with Gasteiger partial charge in [-0.25, -0.2) is 9.97 Å². The van der Waals surface area contributed by atoms with Crippen molar-refractivity contribution in [3.05, 3.63) is 16.3 Å². The molecule has 2 aromatic heterocycles. The molecule has 0 bridgehead atoms. The van der Waals surface area contributed by atoms with Gasteiger partial charge >= 0.3 is 0 Å². The molecular formula is C14H18N2S2. The van der Waals surface area contributed by atoms with Crippen LogP contribution in [0.5, 0.6) is 0 Å². The van der Waals surface area contributed by atoms with Gasteiger partial charge in [0, 0.05) is 10.3 Å². The monoisotopic (exact) mass is 278 g/mol. The molecule has 18 heavy (non-hydrogen) atoms. The van der Waals surface area contributed by atoms with Crippen molar-refractivity contribution in [2.45, 2.75) is 45.1 Å². The summed E-state index contributed by atoms with van der Waals surface area (Å²) in [5.74, 6) is 2.80. The van der Waals surface area contributed by atoms with Crippen molar-refractivity contribution in [1.29, 1.82) is 0 Å². The smallest absolute Gasteiger partial charge is 0.128 e. The molecule has 0 aliphatic heterocycles. The predicted molar refractivity (Wildman–Crippen MR) is 79.7 cm³/mol. The number of thioether (sulfide) groups is 1. The summed E-state index contributed by atoms with van der Waals surface area (Å²) in [6, 6.07) is 0. The van der Waals surface area contributed by atoms with E-state index in [0.29, 0.717) is 0 Å². The molecule has 0 fully saturated rings. The fourth-order valence-electron chi connectivity index (χ4n) is 2.65. The van der Waals surface area contributed by atoms with Gasteiger partial charge in [0.05, 0.1) is 0 Å². The summed E-state index contributed by atoms with van der Waals surface area (Å²) in [6.45, 7) is 6.54. The summed E-state index contributed by atoms with van der Waals surface area (Å²) >= 11 is 3.75. The molecule has 0 radical (unpaired) electrons. The van der Waals surface area contributed by atoms with Crippen LogP contribution >= 0.6 is 23.1 Å². The number of nitrogens with zero attached hydrogens (tertiary/aromatic N) is 2. The molecule has 0 saturated carbocycles. The summed E-state index contributed by atoms with van der Waals surface area (Å²) in [6.07, 6.45) is 3.74. The molecule has 2 heterocycles. The summed E-state index contributed by atoms with van der Waals surface area (Å²) < 4.78 is 0. The van der Waals surface area contributed by atoms with Crippen molar-refractivity contribution in [2.75, 3.05) is 5.75 Å². The lowest BCUT2D eigenvalue weighted by Gasteiger charge is -2.18. The Morgan fingerprint density at radius 3 is 3.00 bits per heavy atom. The highest BCUT2D eigenvalue weighted by atomic mass is 32.2. The van der Waals surface area contributed by atoms with Gasteiger partial charge in [-0.15, -0.1) is 23.1 Å².